The van der Waals surface area contributed by atoms with E-state index < -0.39 is 0 Å². The van der Waals surface area contributed by atoms with E-state index in [9.17, 15) is 9.18 Å². The highest BCUT2D eigenvalue weighted by Crippen LogP contribution is 2.24. The average Bonchev–Trinajstić information content (AvgIpc) is 3.13. The van der Waals surface area contributed by atoms with Crippen LogP contribution >= 0.6 is 11.6 Å². The molecule has 0 unspecified atom stereocenters. The summed E-state index contributed by atoms with van der Waals surface area (Å²) < 4.78 is 14.8. The van der Waals surface area contributed by atoms with Crippen LogP contribution < -0.4 is 5.73 Å². The Balaban J connectivity index is 1.24. The summed E-state index contributed by atoms with van der Waals surface area (Å²) in [5.74, 6) is 0.704. The number of halogens is 2. The summed E-state index contributed by atoms with van der Waals surface area (Å²) in [7, 11) is 0. The Bertz CT molecular complexity index is 1380. The van der Waals surface area contributed by atoms with Gasteiger partial charge in [0.15, 0.2) is 0 Å². The van der Waals surface area contributed by atoms with Crippen molar-refractivity contribution in [1.29, 1.82) is 0 Å². The summed E-state index contributed by atoms with van der Waals surface area (Å²) in [6.07, 6.45) is 0. The maximum Gasteiger partial charge on any atom is 0.258 e. The van der Waals surface area contributed by atoms with E-state index in [2.05, 4.69) is 20.0 Å². The molecular weight excluding hydrogens is 469 g/mol. The molecule has 0 aliphatic carbocycles. The molecule has 2 aromatic carbocycles. The molecule has 180 valence electrons. The standard InChI is InChI=1S/C25H25ClFN7O/c1-16-22(23(26)34(31-16)14-17-6-8-18(27)9-7-17)25(35)33-12-10-32(11-13-33)15-21-29-20-5-3-2-4-19(20)24(28)30-21/h2-9H,10-15H2,1H3,(H2,28,29,30). The highest BCUT2D eigenvalue weighted by Gasteiger charge is 2.28. The van der Waals surface area contributed by atoms with Crippen LogP contribution in [0, 0.1) is 12.7 Å². The lowest BCUT2D eigenvalue weighted by atomic mass is 10.2. The molecule has 2 N–H and O–H groups in total. The van der Waals surface area contributed by atoms with Crippen LogP contribution in [-0.4, -0.2) is 61.6 Å². The molecule has 8 nitrogen and oxygen atoms in total. The number of amides is 1. The molecule has 35 heavy (non-hydrogen) atoms. The minimum absolute atomic E-state index is 0.135. The van der Waals surface area contributed by atoms with E-state index in [1.165, 1.54) is 12.1 Å². The molecular formula is C25H25ClFN7O. The highest BCUT2D eigenvalue weighted by molar-refractivity contribution is 6.33. The van der Waals surface area contributed by atoms with Crippen molar-refractivity contribution in [3.05, 3.63) is 82.1 Å². The van der Waals surface area contributed by atoms with E-state index in [0.29, 0.717) is 67.3 Å². The van der Waals surface area contributed by atoms with Gasteiger partial charge in [0.25, 0.3) is 5.91 Å². The minimum Gasteiger partial charge on any atom is -0.383 e. The van der Waals surface area contributed by atoms with Gasteiger partial charge in [-0.3, -0.25) is 9.69 Å². The molecule has 5 rings (SSSR count). The number of aromatic nitrogens is 4. The maximum absolute atomic E-state index is 13.3. The average molecular weight is 494 g/mol. The van der Waals surface area contributed by atoms with Crippen molar-refractivity contribution in [1.82, 2.24) is 29.5 Å². The number of fused-ring (bicyclic) bond motifs is 1. The van der Waals surface area contributed by atoms with Crippen molar-refractivity contribution in [3.63, 3.8) is 0 Å². The zero-order valence-corrected chi connectivity index (χ0v) is 20.0. The van der Waals surface area contributed by atoms with Crippen molar-refractivity contribution in [2.75, 3.05) is 31.9 Å². The minimum atomic E-state index is -0.304. The van der Waals surface area contributed by atoms with Gasteiger partial charge in [0.1, 0.15) is 22.6 Å². The predicted molar refractivity (Wildman–Crippen MR) is 133 cm³/mol. The Morgan fingerprint density at radius 2 is 1.74 bits per heavy atom. The summed E-state index contributed by atoms with van der Waals surface area (Å²) >= 11 is 6.56. The maximum atomic E-state index is 13.3. The lowest BCUT2D eigenvalue weighted by Crippen LogP contribution is -2.48. The molecule has 2 aromatic heterocycles. The normalized spacial score (nSPS) is 14.5. The fraction of sp³-hybridized carbons (Fsp3) is 0.280. The number of hydrogen-bond donors (Lipinski definition) is 1. The van der Waals surface area contributed by atoms with Gasteiger partial charge in [-0.25, -0.2) is 19.0 Å². The second-order valence-electron chi connectivity index (χ2n) is 8.65. The third kappa shape index (κ3) is 4.82. The van der Waals surface area contributed by atoms with E-state index in [0.717, 1.165) is 16.5 Å². The summed E-state index contributed by atoms with van der Waals surface area (Å²) in [6.45, 7) is 5.17. The number of para-hydroxylation sites is 1. The van der Waals surface area contributed by atoms with Gasteiger partial charge in [-0.2, -0.15) is 5.10 Å². The first-order chi connectivity index (χ1) is 16.9. The van der Waals surface area contributed by atoms with Crippen molar-refractivity contribution >= 4 is 34.2 Å². The summed E-state index contributed by atoms with van der Waals surface area (Å²) in [5.41, 5.74) is 8.77. The predicted octanol–water partition coefficient (Wildman–Crippen LogP) is 3.52. The number of nitrogens with two attached hydrogens (primary N) is 1. The third-order valence-electron chi connectivity index (χ3n) is 6.23. The Hall–Kier alpha value is -3.56. The van der Waals surface area contributed by atoms with Crippen LogP contribution in [-0.2, 0) is 13.1 Å². The molecule has 1 aliphatic rings. The van der Waals surface area contributed by atoms with E-state index >= 15 is 0 Å². The summed E-state index contributed by atoms with van der Waals surface area (Å²) in [6, 6.07) is 13.8. The van der Waals surface area contributed by atoms with Crippen molar-refractivity contribution in [2.24, 2.45) is 0 Å². The largest absolute Gasteiger partial charge is 0.383 e. The SMILES string of the molecule is Cc1nn(Cc2ccc(F)cc2)c(Cl)c1C(=O)N1CCN(Cc2nc(N)c3ccccc3n2)CC1. The van der Waals surface area contributed by atoms with E-state index in [-0.39, 0.29) is 11.7 Å². The van der Waals surface area contributed by atoms with E-state index in [1.54, 1.807) is 28.6 Å². The number of piperazine rings is 1. The van der Waals surface area contributed by atoms with Crippen LogP contribution in [0.5, 0.6) is 0 Å². The first-order valence-electron chi connectivity index (χ1n) is 11.4. The third-order valence-corrected chi connectivity index (χ3v) is 6.61. The Kier molecular flexibility index (Phi) is 6.36. The molecule has 1 saturated heterocycles. The zero-order chi connectivity index (χ0) is 24.5. The van der Waals surface area contributed by atoms with Gasteiger partial charge in [-0.05, 0) is 36.8 Å². The van der Waals surface area contributed by atoms with Crippen molar-refractivity contribution in [3.8, 4) is 0 Å². The number of nitrogen functional groups attached to an aromatic ring is 1. The Morgan fingerprint density at radius 1 is 1.03 bits per heavy atom. The number of rotatable bonds is 5. The van der Waals surface area contributed by atoms with Gasteiger partial charge in [-0.15, -0.1) is 0 Å². The molecule has 1 aliphatic heterocycles. The molecule has 1 amide bonds. The summed E-state index contributed by atoms with van der Waals surface area (Å²) in [5, 5.41) is 5.59. The van der Waals surface area contributed by atoms with Gasteiger partial charge in [0.2, 0.25) is 0 Å². The quantitative estimate of drug-likeness (QED) is 0.457. The molecule has 10 heteroatoms. The molecule has 4 aromatic rings. The lowest BCUT2D eigenvalue weighted by molar-refractivity contribution is 0.0625. The van der Waals surface area contributed by atoms with Gasteiger partial charge < -0.3 is 10.6 Å². The number of aryl methyl sites for hydroxylation is 1. The number of anilines is 1. The fourth-order valence-corrected chi connectivity index (χ4v) is 4.67. The lowest BCUT2D eigenvalue weighted by Gasteiger charge is -2.34. The van der Waals surface area contributed by atoms with Crippen molar-refractivity contribution in [2.45, 2.75) is 20.0 Å². The molecule has 0 radical (unpaired) electrons. The molecule has 1 fully saturated rings. The van der Waals surface area contributed by atoms with Gasteiger partial charge in [0, 0.05) is 31.6 Å². The monoisotopic (exact) mass is 493 g/mol. The smallest absolute Gasteiger partial charge is 0.258 e. The second kappa shape index (κ2) is 9.59. The van der Waals surface area contributed by atoms with Crippen LogP contribution in [0.4, 0.5) is 10.2 Å². The number of carbonyl (C=O) groups excluding carboxylic acids is 1. The van der Waals surface area contributed by atoms with E-state index in [1.807, 2.05) is 24.3 Å². The van der Waals surface area contributed by atoms with E-state index in [4.69, 9.17) is 17.3 Å². The number of hydrogen-bond acceptors (Lipinski definition) is 6. The first kappa shape index (κ1) is 23.2. The molecule has 0 spiro atoms. The Morgan fingerprint density at radius 3 is 2.49 bits per heavy atom. The first-order valence-corrected chi connectivity index (χ1v) is 11.8. The van der Waals surface area contributed by atoms with Gasteiger partial charge in [-0.1, -0.05) is 35.9 Å². The molecule has 0 saturated carbocycles. The number of carbonyl (C=O) groups is 1. The Labute approximate surface area is 207 Å². The van der Waals surface area contributed by atoms with Crippen LogP contribution in [0.2, 0.25) is 5.15 Å². The van der Waals surface area contributed by atoms with Crippen molar-refractivity contribution < 1.29 is 9.18 Å². The van der Waals surface area contributed by atoms with Crippen LogP contribution in [0.3, 0.4) is 0 Å². The zero-order valence-electron chi connectivity index (χ0n) is 19.3. The van der Waals surface area contributed by atoms with Gasteiger partial charge in [0.05, 0.1) is 29.9 Å². The van der Waals surface area contributed by atoms with Crippen LogP contribution in [0.25, 0.3) is 10.9 Å². The van der Waals surface area contributed by atoms with Crippen LogP contribution in [0.1, 0.15) is 27.4 Å². The molecule has 0 bridgehead atoms. The second-order valence-corrected chi connectivity index (χ2v) is 9.00. The fourth-order valence-electron chi connectivity index (χ4n) is 4.35. The topological polar surface area (TPSA) is 93.2 Å². The van der Waals surface area contributed by atoms with Gasteiger partial charge >= 0.3 is 0 Å². The number of benzene rings is 2. The summed E-state index contributed by atoms with van der Waals surface area (Å²) in [4.78, 5) is 26.4. The highest BCUT2D eigenvalue weighted by atomic mass is 35.5. The molecule has 3 heterocycles. The van der Waals surface area contributed by atoms with Crippen LogP contribution in [0.15, 0.2) is 48.5 Å². The molecule has 0 atom stereocenters. The number of nitrogens with zero attached hydrogens (tertiary/aromatic N) is 6.